The highest BCUT2D eigenvalue weighted by molar-refractivity contribution is 5.68. The molecule has 3 aromatic rings. The molecule has 0 spiro atoms. The maximum Gasteiger partial charge on any atom is 0.416 e. The standard InChI is InChI=1S/C30H33F4N5O2/c31-25-26(35-19-29(15-5-2-6-16-29)38-28(40)41-18-22-7-3-1-4-8-22)36-20-37-27(25)39(24-13-14-24)17-21-9-11-23(12-10-21)30(32,33)34/h1,3-4,7-12,20,24H,2,5-6,13-19H2,(H,38,40)(H,35,36,37). The molecule has 0 bridgehead atoms. The summed E-state index contributed by atoms with van der Waals surface area (Å²) in [7, 11) is 0. The van der Waals surface area contributed by atoms with Crippen LogP contribution in [0.1, 0.15) is 61.6 Å². The maximum atomic E-state index is 15.8. The van der Waals surface area contributed by atoms with E-state index in [-0.39, 0.29) is 37.4 Å². The van der Waals surface area contributed by atoms with Crippen LogP contribution in [0, 0.1) is 5.82 Å². The lowest BCUT2D eigenvalue weighted by Gasteiger charge is -2.38. The number of alkyl carbamates (subject to hydrolysis) is 1. The number of hydrogen-bond acceptors (Lipinski definition) is 6. The van der Waals surface area contributed by atoms with Gasteiger partial charge in [-0.25, -0.2) is 14.8 Å². The number of rotatable bonds is 10. The first kappa shape index (κ1) is 28.6. The van der Waals surface area contributed by atoms with Crippen molar-refractivity contribution in [2.75, 3.05) is 16.8 Å². The molecule has 0 radical (unpaired) electrons. The Labute approximate surface area is 236 Å². The van der Waals surface area contributed by atoms with Gasteiger partial charge in [0.1, 0.15) is 12.9 Å². The van der Waals surface area contributed by atoms with Crippen molar-refractivity contribution < 1.29 is 27.1 Å². The molecule has 2 aliphatic rings. The van der Waals surface area contributed by atoms with Gasteiger partial charge < -0.3 is 20.3 Å². The Balaban J connectivity index is 1.27. The minimum absolute atomic E-state index is 0.0115. The molecule has 0 saturated heterocycles. The van der Waals surface area contributed by atoms with Gasteiger partial charge in [-0.05, 0) is 48.9 Å². The molecule has 5 rings (SSSR count). The van der Waals surface area contributed by atoms with Crippen LogP contribution >= 0.6 is 0 Å². The van der Waals surface area contributed by atoms with Gasteiger partial charge in [0, 0.05) is 19.1 Å². The first-order valence-electron chi connectivity index (χ1n) is 13.9. The predicted octanol–water partition coefficient (Wildman–Crippen LogP) is 6.84. The van der Waals surface area contributed by atoms with Crippen LogP contribution in [0.4, 0.5) is 34.0 Å². The fraction of sp³-hybridized carbons (Fsp3) is 0.433. The van der Waals surface area contributed by atoms with Gasteiger partial charge in [0.2, 0.25) is 5.82 Å². The number of benzene rings is 2. The molecule has 1 heterocycles. The zero-order valence-corrected chi connectivity index (χ0v) is 22.6. The number of carbonyl (C=O) groups is 1. The third-order valence-corrected chi connectivity index (χ3v) is 7.65. The van der Waals surface area contributed by atoms with Crippen molar-refractivity contribution in [1.29, 1.82) is 0 Å². The SMILES string of the molecule is O=C(NC1(CNc2ncnc(N(Cc3ccc(C(F)(F)F)cc3)C3CC3)c2F)CCCCC1)OCc1ccccc1. The third kappa shape index (κ3) is 7.45. The summed E-state index contributed by atoms with van der Waals surface area (Å²) in [5.74, 6) is -0.529. The van der Waals surface area contributed by atoms with Crippen molar-refractivity contribution in [2.45, 2.75) is 75.9 Å². The van der Waals surface area contributed by atoms with E-state index in [2.05, 4.69) is 20.6 Å². The van der Waals surface area contributed by atoms with Gasteiger partial charge >= 0.3 is 12.3 Å². The van der Waals surface area contributed by atoms with Crippen LogP contribution in [-0.2, 0) is 24.1 Å². The van der Waals surface area contributed by atoms with E-state index in [0.717, 1.165) is 49.8 Å². The van der Waals surface area contributed by atoms with Crippen LogP contribution < -0.4 is 15.5 Å². The molecule has 0 aliphatic heterocycles. The third-order valence-electron chi connectivity index (χ3n) is 7.65. The molecule has 41 heavy (non-hydrogen) atoms. The van der Waals surface area contributed by atoms with E-state index in [0.29, 0.717) is 18.4 Å². The number of anilines is 2. The van der Waals surface area contributed by atoms with Gasteiger partial charge in [0.25, 0.3) is 0 Å². The number of amides is 1. The molecule has 218 valence electrons. The van der Waals surface area contributed by atoms with E-state index < -0.39 is 29.2 Å². The highest BCUT2D eigenvalue weighted by Gasteiger charge is 2.36. The van der Waals surface area contributed by atoms with Crippen LogP contribution in [0.15, 0.2) is 60.9 Å². The fourth-order valence-corrected chi connectivity index (χ4v) is 5.25. The second-order valence-corrected chi connectivity index (χ2v) is 10.8. The number of alkyl halides is 3. The summed E-state index contributed by atoms with van der Waals surface area (Å²) in [4.78, 5) is 22.8. The summed E-state index contributed by atoms with van der Waals surface area (Å²) < 4.78 is 60.2. The molecular formula is C30H33F4N5O2. The molecule has 2 aromatic carbocycles. The summed E-state index contributed by atoms with van der Waals surface area (Å²) in [6, 6.07) is 14.3. The topological polar surface area (TPSA) is 79.4 Å². The maximum absolute atomic E-state index is 15.8. The lowest BCUT2D eigenvalue weighted by Crippen LogP contribution is -2.54. The number of aromatic nitrogens is 2. The van der Waals surface area contributed by atoms with E-state index >= 15 is 4.39 Å². The van der Waals surface area contributed by atoms with E-state index in [1.165, 1.54) is 18.5 Å². The van der Waals surface area contributed by atoms with Crippen molar-refractivity contribution in [3.05, 3.63) is 83.4 Å². The second-order valence-electron chi connectivity index (χ2n) is 10.8. The molecule has 1 aromatic heterocycles. The van der Waals surface area contributed by atoms with Crippen molar-refractivity contribution in [2.24, 2.45) is 0 Å². The smallest absolute Gasteiger partial charge is 0.416 e. The van der Waals surface area contributed by atoms with Gasteiger partial charge in [-0.1, -0.05) is 61.7 Å². The molecule has 2 fully saturated rings. The molecule has 1 amide bonds. The minimum atomic E-state index is -4.42. The van der Waals surface area contributed by atoms with E-state index in [1.807, 2.05) is 30.3 Å². The molecule has 2 aliphatic carbocycles. The molecule has 2 N–H and O–H groups in total. The van der Waals surface area contributed by atoms with Gasteiger partial charge in [-0.3, -0.25) is 0 Å². The zero-order chi connectivity index (χ0) is 28.9. The van der Waals surface area contributed by atoms with E-state index in [4.69, 9.17) is 4.74 Å². The predicted molar refractivity (Wildman–Crippen MR) is 147 cm³/mol. The Bertz CT molecular complexity index is 1310. The second kappa shape index (κ2) is 12.3. The number of carbonyl (C=O) groups excluding carboxylic acids is 1. The van der Waals surface area contributed by atoms with Crippen LogP contribution in [0.3, 0.4) is 0 Å². The molecule has 0 unspecified atom stereocenters. The molecule has 7 nitrogen and oxygen atoms in total. The summed E-state index contributed by atoms with van der Waals surface area (Å²) in [6.45, 7) is 0.619. The van der Waals surface area contributed by atoms with Crippen molar-refractivity contribution in [1.82, 2.24) is 15.3 Å². The minimum Gasteiger partial charge on any atom is -0.445 e. The Morgan fingerprint density at radius 2 is 1.68 bits per heavy atom. The largest absolute Gasteiger partial charge is 0.445 e. The lowest BCUT2D eigenvalue weighted by atomic mass is 9.81. The quantitative estimate of drug-likeness (QED) is 0.259. The van der Waals surface area contributed by atoms with Crippen molar-refractivity contribution >= 4 is 17.7 Å². The van der Waals surface area contributed by atoms with Crippen LogP contribution in [0.5, 0.6) is 0 Å². The van der Waals surface area contributed by atoms with Crippen molar-refractivity contribution in [3.63, 3.8) is 0 Å². The van der Waals surface area contributed by atoms with Crippen LogP contribution in [0.25, 0.3) is 0 Å². The normalized spacial score (nSPS) is 16.6. The first-order chi connectivity index (χ1) is 19.7. The van der Waals surface area contributed by atoms with Gasteiger partial charge in [0.05, 0.1) is 11.1 Å². The zero-order valence-electron chi connectivity index (χ0n) is 22.6. The average Bonchev–Trinajstić information content (AvgIpc) is 3.81. The number of nitrogens with one attached hydrogen (secondary N) is 2. The fourth-order valence-electron chi connectivity index (χ4n) is 5.25. The highest BCUT2D eigenvalue weighted by atomic mass is 19.4. The summed E-state index contributed by atoms with van der Waals surface area (Å²) in [5, 5.41) is 6.12. The average molecular weight is 572 g/mol. The van der Waals surface area contributed by atoms with Gasteiger partial charge in [0.15, 0.2) is 11.6 Å². The summed E-state index contributed by atoms with van der Waals surface area (Å²) in [5.41, 5.74) is 0.149. The number of halogens is 4. The lowest BCUT2D eigenvalue weighted by molar-refractivity contribution is -0.137. The Morgan fingerprint density at radius 1 is 0.976 bits per heavy atom. The molecule has 11 heteroatoms. The van der Waals surface area contributed by atoms with Crippen molar-refractivity contribution in [3.8, 4) is 0 Å². The molecular weight excluding hydrogens is 538 g/mol. The Kier molecular flexibility index (Phi) is 8.60. The Hall–Kier alpha value is -3.89. The number of ether oxygens (including phenoxy) is 1. The van der Waals surface area contributed by atoms with Crippen LogP contribution in [-0.4, -0.2) is 34.2 Å². The first-order valence-corrected chi connectivity index (χ1v) is 13.9. The monoisotopic (exact) mass is 571 g/mol. The molecule has 0 atom stereocenters. The van der Waals surface area contributed by atoms with E-state index in [1.54, 1.807) is 4.90 Å². The highest BCUT2D eigenvalue weighted by Crippen LogP contribution is 2.36. The number of hydrogen-bond donors (Lipinski definition) is 2. The summed E-state index contributed by atoms with van der Waals surface area (Å²) in [6.07, 6.45) is 2.31. The van der Waals surface area contributed by atoms with Gasteiger partial charge in [-0.15, -0.1) is 0 Å². The molecule has 2 saturated carbocycles. The van der Waals surface area contributed by atoms with Crippen LogP contribution in [0.2, 0.25) is 0 Å². The van der Waals surface area contributed by atoms with Gasteiger partial charge in [-0.2, -0.15) is 17.6 Å². The van der Waals surface area contributed by atoms with E-state index in [9.17, 15) is 18.0 Å². The Morgan fingerprint density at radius 3 is 2.34 bits per heavy atom. The summed E-state index contributed by atoms with van der Waals surface area (Å²) >= 11 is 0. The number of nitrogens with zero attached hydrogens (tertiary/aromatic N) is 3.